The molecule has 0 aromatic heterocycles. The van der Waals surface area contributed by atoms with Gasteiger partial charge in [0.25, 0.3) is 0 Å². The molecule has 4 nitrogen and oxygen atoms in total. The minimum absolute atomic E-state index is 0.0366. The molecule has 2 unspecified atom stereocenters. The summed E-state index contributed by atoms with van der Waals surface area (Å²) in [5.74, 6) is -0.804. The number of benzene rings is 3. The standard InChI is InChI=1S/C24H17ClF3NO3/c1-15(23(30)20(14-29)16-6-3-2-4-7-16)31-18-8-5-9-19(13-18)32-22-11-10-17(12-21(22)25)24(26,27)28/h2-13,15,20H,1H3. The Morgan fingerprint density at radius 1 is 1.00 bits per heavy atom. The SMILES string of the molecule is CC(Oc1cccc(Oc2ccc(C(F)(F)F)cc2Cl)c1)C(=O)C(C#N)c1ccccc1. The molecule has 0 N–H and O–H groups in total. The van der Waals surface area contributed by atoms with Gasteiger partial charge < -0.3 is 9.47 Å². The molecule has 32 heavy (non-hydrogen) atoms. The van der Waals surface area contributed by atoms with E-state index in [4.69, 9.17) is 21.1 Å². The first-order valence-electron chi connectivity index (χ1n) is 9.48. The summed E-state index contributed by atoms with van der Waals surface area (Å²) in [5, 5.41) is 9.24. The topological polar surface area (TPSA) is 59.3 Å². The Labute approximate surface area is 187 Å². The van der Waals surface area contributed by atoms with Gasteiger partial charge in [-0.15, -0.1) is 0 Å². The van der Waals surface area contributed by atoms with Gasteiger partial charge in [-0.05, 0) is 42.8 Å². The van der Waals surface area contributed by atoms with Crippen molar-refractivity contribution >= 4 is 17.4 Å². The molecular formula is C24H17ClF3NO3. The van der Waals surface area contributed by atoms with Crippen LogP contribution in [-0.2, 0) is 11.0 Å². The van der Waals surface area contributed by atoms with Crippen LogP contribution in [0.2, 0.25) is 5.02 Å². The van der Waals surface area contributed by atoms with Crippen molar-refractivity contribution in [3.8, 4) is 23.3 Å². The van der Waals surface area contributed by atoms with Gasteiger partial charge in [0, 0.05) is 6.07 Å². The summed E-state index contributed by atoms with van der Waals surface area (Å²) < 4.78 is 49.7. The van der Waals surface area contributed by atoms with Crippen molar-refractivity contribution in [3.05, 3.63) is 88.9 Å². The smallest absolute Gasteiger partial charge is 0.416 e. The second kappa shape index (κ2) is 9.75. The Balaban J connectivity index is 1.72. The van der Waals surface area contributed by atoms with Crippen molar-refractivity contribution < 1.29 is 27.4 Å². The average Bonchev–Trinajstić information content (AvgIpc) is 2.76. The zero-order valence-electron chi connectivity index (χ0n) is 16.8. The van der Waals surface area contributed by atoms with E-state index in [9.17, 15) is 23.2 Å². The van der Waals surface area contributed by atoms with Crippen molar-refractivity contribution in [2.45, 2.75) is 25.1 Å². The summed E-state index contributed by atoms with van der Waals surface area (Å²) in [4.78, 5) is 12.7. The lowest BCUT2D eigenvalue weighted by molar-refractivity contribution is -0.137. The molecule has 0 saturated carbocycles. The third kappa shape index (κ3) is 5.59. The molecule has 0 amide bonds. The molecule has 0 aliphatic heterocycles. The molecule has 0 saturated heterocycles. The van der Waals surface area contributed by atoms with Crippen LogP contribution >= 0.6 is 11.6 Å². The fourth-order valence-corrected chi connectivity index (χ4v) is 3.16. The number of ketones is 1. The first-order valence-corrected chi connectivity index (χ1v) is 9.86. The third-order valence-electron chi connectivity index (χ3n) is 4.55. The average molecular weight is 460 g/mol. The predicted octanol–water partition coefficient (Wildman–Crippen LogP) is 6.79. The van der Waals surface area contributed by atoms with Crippen LogP contribution in [0.1, 0.15) is 24.0 Å². The molecule has 2 atom stereocenters. The number of hydrogen-bond acceptors (Lipinski definition) is 4. The van der Waals surface area contributed by atoms with Gasteiger partial charge in [0.05, 0.1) is 16.7 Å². The van der Waals surface area contributed by atoms with E-state index in [0.29, 0.717) is 5.56 Å². The normalized spacial score (nSPS) is 13.0. The summed E-state index contributed by atoms with van der Waals surface area (Å²) in [5.41, 5.74) is -0.311. The van der Waals surface area contributed by atoms with Gasteiger partial charge in [0.1, 0.15) is 23.2 Å². The van der Waals surface area contributed by atoms with Gasteiger partial charge in [0.15, 0.2) is 11.9 Å². The van der Waals surface area contributed by atoms with Crippen LogP contribution < -0.4 is 9.47 Å². The number of rotatable bonds is 7. The van der Waals surface area contributed by atoms with Crippen LogP contribution in [0, 0.1) is 11.3 Å². The van der Waals surface area contributed by atoms with Crippen molar-refractivity contribution in [2.75, 3.05) is 0 Å². The van der Waals surface area contributed by atoms with Crippen molar-refractivity contribution in [3.63, 3.8) is 0 Å². The fourth-order valence-electron chi connectivity index (χ4n) is 2.94. The lowest BCUT2D eigenvalue weighted by Gasteiger charge is -2.17. The van der Waals surface area contributed by atoms with Crippen LogP contribution in [0.15, 0.2) is 72.8 Å². The molecule has 0 radical (unpaired) electrons. The molecule has 0 spiro atoms. The number of alkyl halides is 3. The van der Waals surface area contributed by atoms with Gasteiger partial charge in [0.2, 0.25) is 0 Å². The van der Waals surface area contributed by atoms with E-state index >= 15 is 0 Å². The zero-order valence-corrected chi connectivity index (χ0v) is 17.5. The lowest BCUT2D eigenvalue weighted by Crippen LogP contribution is -2.28. The van der Waals surface area contributed by atoms with Crippen LogP contribution in [-0.4, -0.2) is 11.9 Å². The minimum atomic E-state index is -4.51. The molecule has 0 aliphatic rings. The number of Topliss-reactive ketones (excluding diaryl/α,β-unsaturated/α-hetero) is 1. The zero-order chi connectivity index (χ0) is 23.3. The predicted molar refractivity (Wildman–Crippen MR) is 113 cm³/mol. The Bertz CT molecular complexity index is 1140. The highest BCUT2D eigenvalue weighted by molar-refractivity contribution is 6.32. The van der Waals surface area contributed by atoms with Gasteiger partial charge in [-0.2, -0.15) is 18.4 Å². The summed E-state index contributed by atoms with van der Waals surface area (Å²) in [6.07, 6.45) is -5.44. The molecule has 3 rings (SSSR count). The van der Waals surface area contributed by atoms with E-state index in [2.05, 4.69) is 0 Å². The highest BCUT2D eigenvalue weighted by Gasteiger charge is 2.31. The van der Waals surface area contributed by atoms with Gasteiger partial charge >= 0.3 is 6.18 Å². The first-order chi connectivity index (χ1) is 15.2. The molecule has 3 aromatic carbocycles. The second-order valence-corrected chi connectivity index (χ2v) is 7.26. The maximum Gasteiger partial charge on any atom is 0.416 e. The highest BCUT2D eigenvalue weighted by atomic mass is 35.5. The largest absolute Gasteiger partial charge is 0.483 e. The summed E-state index contributed by atoms with van der Waals surface area (Å²) in [7, 11) is 0. The third-order valence-corrected chi connectivity index (χ3v) is 4.85. The van der Waals surface area contributed by atoms with Gasteiger partial charge in [-0.25, -0.2) is 0 Å². The van der Waals surface area contributed by atoms with E-state index in [0.717, 1.165) is 18.2 Å². The number of nitriles is 1. The lowest BCUT2D eigenvalue weighted by atomic mass is 9.93. The number of halogens is 4. The molecule has 0 heterocycles. The Hall–Kier alpha value is -3.50. The fraction of sp³-hybridized carbons (Fsp3) is 0.167. The summed E-state index contributed by atoms with van der Waals surface area (Å²) in [6, 6.07) is 19.7. The van der Waals surface area contributed by atoms with Gasteiger partial charge in [-0.3, -0.25) is 4.79 Å². The van der Waals surface area contributed by atoms with E-state index in [-0.39, 0.29) is 22.3 Å². The monoisotopic (exact) mass is 459 g/mol. The number of carbonyl (C=O) groups excluding carboxylic acids is 1. The van der Waals surface area contributed by atoms with Crippen molar-refractivity contribution in [1.82, 2.24) is 0 Å². The van der Waals surface area contributed by atoms with Crippen LogP contribution in [0.3, 0.4) is 0 Å². The number of ether oxygens (including phenoxy) is 2. The highest BCUT2D eigenvalue weighted by Crippen LogP contribution is 2.37. The second-order valence-electron chi connectivity index (χ2n) is 6.86. The van der Waals surface area contributed by atoms with Crippen LogP contribution in [0.25, 0.3) is 0 Å². The van der Waals surface area contributed by atoms with E-state index in [1.165, 1.54) is 13.0 Å². The number of carbonyl (C=O) groups is 1. The molecule has 0 fully saturated rings. The molecule has 0 aliphatic carbocycles. The first kappa shape index (κ1) is 23.2. The molecule has 3 aromatic rings. The maximum absolute atomic E-state index is 12.8. The number of nitrogens with zero attached hydrogens (tertiary/aromatic N) is 1. The van der Waals surface area contributed by atoms with Crippen LogP contribution in [0.5, 0.6) is 17.2 Å². The summed E-state index contributed by atoms with van der Waals surface area (Å²) in [6.45, 7) is 1.54. The number of hydrogen-bond donors (Lipinski definition) is 0. The molecule has 0 bridgehead atoms. The van der Waals surface area contributed by atoms with Gasteiger partial charge in [-0.1, -0.05) is 48.0 Å². The molecular weight excluding hydrogens is 443 g/mol. The van der Waals surface area contributed by atoms with Crippen molar-refractivity contribution in [1.29, 1.82) is 5.26 Å². The minimum Gasteiger partial charge on any atom is -0.483 e. The maximum atomic E-state index is 12.8. The quantitative estimate of drug-likeness (QED) is 0.390. The van der Waals surface area contributed by atoms with Crippen LogP contribution in [0.4, 0.5) is 13.2 Å². The van der Waals surface area contributed by atoms with E-state index in [1.54, 1.807) is 48.5 Å². The van der Waals surface area contributed by atoms with Crippen molar-refractivity contribution in [2.24, 2.45) is 0 Å². The summed E-state index contributed by atoms with van der Waals surface area (Å²) >= 11 is 5.93. The van der Waals surface area contributed by atoms with E-state index in [1.807, 2.05) is 6.07 Å². The Morgan fingerprint density at radius 2 is 1.69 bits per heavy atom. The van der Waals surface area contributed by atoms with E-state index < -0.39 is 29.5 Å². The molecule has 164 valence electrons. The Kier molecular flexibility index (Phi) is 7.06. The molecule has 8 heteroatoms. The Morgan fingerprint density at radius 3 is 2.31 bits per heavy atom.